The molecule has 0 spiro atoms. The largest absolute Gasteiger partial charge is 0.492 e. The van der Waals surface area contributed by atoms with E-state index in [1.165, 1.54) is 0 Å². The minimum atomic E-state index is 0.645. The minimum absolute atomic E-state index is 0.645. The van der Waals surface area contributed by atoms with Crippen LogP contribution in [0.3, 0.4) is 0 Å². The van der Waals surface area contributed by atoms with Crippen molar-refractivity contribution in [3.63, 3.8) is 0 Å². The SMILES string of the molecule is CCOc1c(I)cc(C=O)cc1I. The third kappa shape index (κ3) is 2.80. The van der Waals surface area contributed by atoms with E-state index in [4.69, 9.17) is 4.74 Å². The average molecular weight is 402 g/mol. The van der Waals surface area contributed by atoms with E-state index in [0.29, 0.717) is 12.2 Å². The lowest BCUT2D eigenvalue weighted by atomic mass is 10.2. The molecule has 0 amide bonds. The summed E-state index contributed by atoms with van der Waals surface area (Å²) in [4.78, 5) is 10.5. The first-order valence-corrected chi connectivity index (χ1v) is 5.91. The highest BCUT2D eigenvalue weighted by Crippen LogP contribution is 2.28. The first kappa shape index (κ1) is 11.2. The summed E-state index contributed by atoms with van der Waals surface area (Å²) in [6.45, 7) is 2.59. The molecule has 0 saturated carbocycles. The van der Waals surface area contributed by atoms with Gasteiger partial charge in [-0.2, -0.15) is 0 Å². The van der Waals surface area contributed by atoms with Gasteiger partial charge in [-0.3, -0.25) is 4.79 Å². The maximum absolute atomic E-state index is 10.5. The van der Waals surface area contributed by atoms with Gasteiger partial charge in [-0.25, -0.2) is 0 Å². The van der Waals surface area contributed by atoms with Crippen molar-refractivity contribution in [1.82, 2.24) is 0 Å². The lowest BCUT2D eigenvalue weighted by Crippen LogP contribution is -1.97. The van der Waals surface area contributed by atoms with E-state index >= 15 is 0 Å². The lowest BCUT2D eigenvalue weighted by Gasteiger charge is -2.08. The van der Waals surface area contributed by atoms with Gasteiger partial charge >= 0.3 is 0 Å². The number of halogens is 2. The molecule has 1 rings (SSSR count). The molecule has 0 aliphatic carbocycles. The van der Waals surface area contributed by atoms with Crippen molar-refractivity contribution in [1.29, 1.82) is 0 Å². The second-order valence-electron chi connectivity index (χ2n) is 2.36. The van der Waals surface area contributed by atoms with Crippen LogP contribution in [0.25, 0.3) is 0 Å². The summed E-state index contributed by atoms with van der Waals surface area (Å²) in [6.07, 6.45) is 0.847. The van der Waals surface area contributed by atoms with Crippen molar-refractivity contribution in [3.05, 3.63) is 24.8 Å². The van der Waals surface area contributed by atoms with Gasteiger partial charge in [0.1, 0.15) is 12.0 Å². The molecule has 0 bridgehead atoms. The first-order chi connectivity index (χ1) is 6.19. The number of rotatable bonds is 3. The molecule has 0 heterocycles. The zero-order valence-corrected chi connectivity index (χ0v) is 11.3. The summed E-state index contributed by atoms with van der Waals surface area (Å²) in [6, 6.07) is 3.64. The molecule has 0 atom stereocenters. The standard InChI is InChI=1S/C9H8I2O2/c1-2-13-9-7(10)3-6(5-12)4-8(9)11/h3-5H,2H2,1H3. The highest BCUT2D eigenvalue weighted by molar-refractivity contribution is 14.1. The smallest absolute Gasteiger partial charge is 0.150 e. The number of carbonyl (C=O) groups excluding carboxylic acids is 1. The molecule has 0 aromatic heterocycles. The Labute approximate surface area is 104 Å². The second-order valence-corrected chi connectivity index (χ2v) is 4.69. The average Bonchev–Trinajstić information content (AvgIpc) is 2.11. The Morgan fingerprint density at radius 2 is 1.92 bits per heavy atom. The van der Waals surface area contributed by atoms with Crippen molar-refractivity contribution in [3.8, 4) is 5.75 Å². The fraction of sp³-hybridized carbons (Fsp3) is 0.222. The monoisotopic (exact) mass is 402 g/mol. The van der Waals surface area contributed by atoms with E-state index in [1.54, 1.807) is 0 Å². The van der Waals surface area contributed by atoms with Crippen molar-refractivity contribution in [2.75, 3.05) is 6.61 Å². The fourth-order valence-corrected chi connectivity index (χ4v) is 3.06. The fourth-order valence-electron chi connectivity index (χ4n) is 0.930. The molecule has 0 aliphatic heterocycles. The molecule has 1 aromatic rings. The molecule has 0 aliphatic rings. The van der Waals surface area contributed by atoms with Gasteiger partial charge in [0.05, 0.1) is 13.7 Å². The second kappa shape index (κ2) is 5.14. The van der Waals surface area contributed by atoms with E-state index < -0.39 is 0 Å². The summed E-state index contributed by atoms with van der Waals surface area (Å²) >= 11 is 4.34. The Morgan fingerprint density at radius 1 is 1.38 bits per heavy atom. The first-order valence-electron chi connectivity index (χ1n) is 3.76. The van der Waals surface area contributed by atoms with Gasteiger partial charge < -0.3 is 4.74 Å². The molecular weight excluding hydrogens is 394 g/mol. The van der Waals surface area contributed by atoms with E-state index in [9.17, 15) is 4.79 Å². The summed E-state index contributed by atoms with van der Waals surface area (Å²) in [5.74, 6) is 0.870. The Bertz CT molecular complexity index is 300. The molecule has 1 aromatic carbocycles. The molecule has 70 valence electrons. The van der Waals surface area contributed by atoms with Crippen LogP contribution in [-0.2, 0) is 0 Å². The lowest BCUT2D eigenvalue weighted by molar-refractivity contribution is 0.112. The molecule has 0 saturated heterocycles. The van der Waals surface area contributed by atoms with Crippen LogP contribution in [0.4, 0.5) is 0 Å². The predicted molar refractivity (Wildman–Crippen MR) is 68.4 cm³/mol. The summed E-state index contributed by atoms with van der Waals surface area (Å²) in [5, 5.41) is 0. The van der Waals surface area contributed by atoms with Crippen molar-refractivity contribution >= 4 is 51.5 Å². The van der Waals surface area contributed by atoms with Crippen molar-refractivity contribution in [2.45, 2.75) is 6.92 Å². The summed E-state index contributed by atoms with van der Waals surface area (Å²) in [5.41, 5.74) is 0.692. The molecule has 0 radical (unpaired) electrons. The number of carbonyl (C=O) groups is 1. The van der Waals surface area contributed by atoms with Crippen LogP contribution in [0.15, 0.2) is 12.1 Å². The normalized spacial score (nSPS) is 9.77. The van der Waals surface area contributed by atoms with Crippen molar-refractivity contribution in [2.24, 2.45) is 0 Å². The third-order valence-corrected chi connectivity index (χ3v) is 3.05. The highest BCUT2D eigenvalue weighted by atomic mass is 127. The molecule has 0 N–H and O–H groups in total. The van der Waals surface area contributed by atoms with Gasteiger partial charge in [0.2, 0.25) is 0 Å². The maximum atomic E-state index is 10.5. The number of ether oxygens (including phenoxy) is 1. The highest BCUT2D eigenvalue weighted by Gasteiger charge is 2.07. The minimum Gasteiger partial charge on any atom is -0.492 e. The molecular formula is C9H8I2O2. The quantitative estimate of drug-likeness (QED) is 0.574. The Morgan fingerprint density at radius 3 is 2.31 bits per heavy atom. The molecule has 13 heavy (non-hydrogen) atoms. The summed E-state index contributed by atoms with van der Waals surface area (Å²) < 4.78 is 7.40. The van der Waals surface area contributed by atoms with Crippen LogP contribution >= 0.6 is 45.2 Å². The predicted octanol–water partition coefficient (Wildman–Crippen LogP) is 3.11. The topological polar surface area (TPSA) is 26.3 Å². The summed E-state index contributed by atoms with van der Waals surface area (Å²) in [7, 11) is 0. The maximum Gasteiger partial charge on any atom is 0.150 e. The van der Waals surface area contributed by atoms with E-state index in [0.717, 1.165) is 19.2 Å². The van der Waals surface area contributed by atoms with Gasteiger partial charge in [-0.15, -0.1) is 0 Å². The van der Waals surface area contributed by atoms with E-state index in [1.807, 2.05) is 19.1 Å². The number of hydrogen-bond donors (Lipinski definition) is 0. The zero-order chi connectivity index (χ0) is 9.84. The van der Waals surface area contributed by atoms with Gasteiger partial charge in [0.15, 0.2) is 0 Å². The third-order valence-electron chi connectivity index (χ3n) is 1.45. The Balaban J connectivity index is 3.14. The number of aldehydes is 1. The number of hydrogen-bond acceptors (Lipinski definition) is 2. The van der Waals surface area contributed by atoms with Gasteiger partial charge in [-0.1, -0.05) is 0 Å². The van der Waals surface area contributed by atoms with Gasteiger partial charge in [0.25, 0.3) is 0 Å². The van der Waals surface area contributed by atoms with Crippen LogP contribution in [-0.4, -0.2) is 12.9 Å². The number of benzene rings is 1. The van der Waals surface area contributed by atoms with E-state index in [-0.39, 0.29) is 0 Å². The Hall–Kier alpha value is 0.150. The zero-order valence-electron chi connectivity index (χ0n) is 7.01. The van der Waals surface area contributed by atoms with E-state index in [2.05, 4.69) is 45.2 Å². The van der Waals surface area contributed by atoms with Crippen LogP contribution in [0.5, 0.6) is 5.75 Å². The van der Waals surface area contributed by atoms with Crippen LogP contribution in [0.2, 0.25) is 0 Å². The molecule has 0 unspecified atom stereocenters. The molecule has 4 heteroatoms. The van der Waals surface area contributed by atoms with Gasteiger partial charge in [0, 0.05) is 5.56 Å². The Kier molecular flexibility index (Phi) is 4.43. The van der Waals surface area contributed by atoms with Crippen LogP contribution in [0, 0.1) is 7.14 Å². The molecule has 2 nitrogen and oxygen atoms in total. The van der Waals surface area contributed by atoms with Crippen molar-refractivity contribution < 1.29 is 9.53 Å². The van der Waals surface area contributed by atoms with Crippen LogP contribution in [0.1, 0.15) is 17.3 Å². The van der Waals surface area contributed by atoms with Gasteiger partial charge in [-0.05, 0) is 64.2 Å². The van der Waals surface area contributed by atoms with Crippen LogP contribution < -0.4 is 4.74 Å². The molecule has 0 fully saturated rings.